The first-order valence-corrected chi connectivity index (χ1v) is 9.10. The minimum Gasteiger partial charge on any atom is -0.490 e. The maximum atomic E-state index is 12.1. The number of nitrogens with two attached hydrogens (primary N) is 1. The van der Waals surface area contributed by atoms with Crippen molar-refractivity contribution in [1.29, 1.82) is 0 Å². The molecule has 1 saturated carbocycles. The van der Waals surface area contributed by atoms with Crippen LogP contribution in [0.4, 0.5) is 17.1 Å². The van der Waals surface area contributed by atoms with Gasteiger partial charge in [-0.05, 0) is 62.1 Å². The van der Waals surface area contributed by atoms with Gasteiger partial charge in [-0.2, -0.15) is 0 Å². The monoisotopic (exact) mass is 365 g/mol. The molecule has 0 heterocycles. The Morgan fingerprint density at radius 3 is 2.52 bits per heavy atom. The number of nitrogens with zero attached hydrogens (tertiary/aromatic N) is 1. The van der Waals surface area contributed by atoms with Crippen molar-refractivity contribution in [3.8, 4) is 11.5 Å². The first kappa shape index (κ1) is 18.6. The first-order chi connectivity index (χ1) is 13.1. The molecule has 0 bridgehead atoms. The second kappa shape index (κ2) is 8.95. The highest BCUT2D eigenvalue weighted by molar-refractivity contribution is 5.95. The summed E-state index contributed by atoms with van der Waals surface area (Å²) in [5.74, 6) is 1.07. The molecule has 1 fully saturated rings. The fraction of sp³-hybridized carbons (Fsp3) is 0.333. The van der Waals surface area contributed by atoms with E-state index in [1.54, 1.807) is 24.3 Å². The molecule has 0 atom stereocenters. The molecular weight excluding hydrogens is 342 g/mol. The Morgan fingerprint density at radius 1 is 1.11 bits per heavy atom. The van der Waals surface area contributed by atoms with Crippen LogP contribution in [0.3, 0.4) is 0 Å². The summed E-state index contributed by atoms with van der Waals surface area (Å²) in [6.07, 6.45) is 6.26. The van der Waals surface area contributed by atoms with Gasteiger partial charge in [0.25, 0.3) is 5.91 Å². The molecule has 0 aromatic heterocycles. The number of anilines is 2. The summed E-state index contributed by atoms with van der Waals surface area (Å²) < 4.78 is 11.5. The standard InChI is InChI=1S/C21H23N3O3/c1-23-15-7-12-19(22)20(13-15)24-21(25)14-26-16-8-10-18(11-9-16)27-17-5-3-2-4-6-17/h7-13,17H,2-6,14,22H2,(H,24,25). The number of hydrogen-bond acceptors (Lipinski definition) is 4. The molecular formula is C21H23N3O3. The predicted molar refractivity (Wildman–Crippen MR) is 105 cm³/mol. The molecule has 2 aromatic rings. The number of carbonyl (C=O) groups is 1. The fourth-order valence-electron chi connectivity index (χ4n) is 3.05. The molecule has 3 rings (SSSR count). The van der Waals surface area contributed by atoms with Gasteiger partial charge in [0.2, 0.25) is 0 Å². The lowest BCUT2D eigenvalue weighted by molar-refractivity contribution is -0.118. The smallest absolute Gasteiger partial charge is 0.262 e. The zero-order valence-corrected chi connectivity index (χ0v) is 15.1. The van der Waals surface area contributed by atoms with Crippen molar-refractivity contribution in [3.63, 3.8) is 0 Å². The number of nitrogen functional groups attached to an aromatic ring is 1. The molecule has 1 amide bonds. The average molecular weight is 365 g/mol. The average Bonchev–Trinajstić information content (AvgIpc) is 2.70. The Labute approximate surface area is 159 Å². The molecule has 0 aliphatic heterocycles. The van der Waals surface area contributed by atoms with Crippen LogP contribution in [0, 0.1) is 6.57 Å². The van der Waals surface area contributed by atoms with Crippen molar-refractivity contribution in [1.82, 2.24) is 0 Å². The van der Waals surface area contributed by atoms with Gasteiger partial charge in [0, 0.05) is 0 Å². The van der Waals surface area contributed by atoms with Crippen molar-refractivity contribution >= 4 is 23.0 Å². The zero-order chi connectivity index (χ0) is 19.1. The lowest BCUT2D eigenvalue weighted by Gasteiger charge is -2.23. The lowest BCUT2D eigenvalue weighted by atomic mass is 9.98. The van der Waals surface area contributed by atoms with Gasteiger partial charge in [0.15, 0.2) is 12.3 Å². The van der Waals surface area contributed by atoms with Gasteiger partial charge in [-0.3, -0.25) is 4.79 Å². The number of nitrogens with one attached hydrogen (secondary N) is 1. The minimum atomic E-state index is -0.341. The van der Waals surface area contributed by atoms with Crippen LogP contribution in [0.5, 0.6) is 11.5 Å². The third-order valence-corrected chi connectivity index (χ3v) is 4.49. The predicted octanol–water partition coefficient (Wildman–Crippen LogP) is 4.55. The molecule has 0 spiro atoms. The quantitative estimate of drug-likeness (QED) is 0.581. The highest BCUT2D eigenvalue weighted by atomic mass is 16.5. The molecule has 27 heavy (non-hydrogen) atoms. The number of hydrogen-bond donors (Lipinski definition) is 2. The van der Waals surface area contributed by atoms with E-state index in [0.717, 1.165) is 18.6 Å². The van der Waals surface area contributed by atoms with Crippen LogP contribution in [0.2, 0.25) is 0 Å². The fourth-order valence-corrected chi connectivity index (χ4v) is 3.05. The Kier molecular flexibility index (Phi) is 6.16. The maximum Gasteiger partial charge on any atom is 0.262 e. The van der Waals surface area contributed by atoms with E-state index >= 15 is 0 Å². The Bertz CT molecular complexity index is 822. The summed E-state index contributed by atoms with van der Waals surface area (Å²) in [5, 5.41) is 2.66. The van der Waals surface area contributed by atoms with E-state index in [4.69, 9.17) is 21.8 Å². The van der Waals surface area contributed by atoms with E-state index in [2.05, 4.69) is 10.2 Å². The largest absolute Gasteiger partial charge is 0.490 e. The summed E-state index contributed by atoms with van der Waals surface area (Å²) in [6.45, 7) is 6.87. The number of ether oxygens (including phenoxy) is 2. The van der Waals surface area contributed by atoms with Crippen LogP contribution in [0.1, 0.15) is 32.1 Å². The molecule has 0 radical (unpaired) electrons. The minimum absolute atomic E-state index is 0.148. The lowest BCUT2D eigenvalue weighted by Crippen LogP contribution is -2.21. The molecule has 0 unspecified atom stereocenters. The van der Waals surface area contributed by atoms with E-state index in [1.165, 1.54) is 25.3 Å². The van der Waals surface area contributed by atoms with E-state index in [-0.39, 0.29) is 12.5 Å². The van der Waals surface area contributed by atoms with Gasteiger partial charge in [-0.1, -0.05) is 12.5 Å². The summed E-state index contributed by atoms with van der Waals surface area (Å²) in [6, 6.07) is 12.0. The molecule has 1 aliphatic rings. The van der Waals surface area contributed by atoms with Crippen LogP contribution in [0.15, 0.2) is 42.5 Å². The van der Waals surface area contributed by atoms with Crippen molar-refractivity contribution in [3.05, 3.63) is 53.9 Å². The maximum absolute atomic E-state index is 12.1. The Balaban J connectivity index is 1.49. The van der Waals surface area contributed by atoms with Crippen molar-refractivity contribution < 1.29 is 14.3 Å². The topological polar surface area (TPSA) is 77.9 Å². The van der Waals surface area contributed by atoms with Gasteiger partial charge in [0.05, 0.1) is 24.1 Å². The molecule has 1 aliphatic carbocycles. The molecule has 6 nitrogen and oxygen atoms in total. The first-order valence-electron chi connectivity index (χ1n) is 9.10. The van der Waals surface area contributed by atoms with Gasteiger partial charge < -0.3 is 20.5 Å². The second-order valence-corrected chi connectivity index (χ2v) is 6.57. The summed E-state index contributed by atoms with van der Waals surface area (Å²) in [4.78, 5) is 15.4. The SMILES string of the molecule is [C-]#[N+]c1ccc(N)c(NC(=O)COc2ccc(OC3CCCCC3)cc2)c1. The van der Waals surface area contributed by atoms with Crippen LogP contribution < -0.4 is 20.5 Å². The number of benzene rings is 2. The Morgan fingerprint density at radius 2 is 1.81 bits per heavy atom. The highest BCUT2D eigenvalue weighted by Crippen LogP contribution is 2.26. The van der Waals surface area contributed by atoms with Gasteiger partial charge in [0.1, 0.15) is 11.5 Å². The van der Waals surface area contributed by atoms with E-state index in [1.807, 2.05) is 12.1 Å². The molecule has 140 valence electrons. The second-order valence-electron chi connectivity index (χ2n) is 6.57. The third kappa shape index (κ3) is 5.38. The summed E-state index contributed by atoms with van der Waals surface area (Å²) in [7, 11) is 0. The van der Waals surface area contributed by atoms with Crippen LogP contribution in [-0.2, 0) is 4.79 Å². The molecule has 3 N–H and O–H groups in total. The number of amides is 1. The van der Waals surface area contributed by atoms with Crippen LogP contribution in [0.25, 0.3) is 4.85 Å². The summed E-state index contributed by atoms with van der Waals surface area (Å²) >= 11 is 0. The van der Waals surface area contributed by atoms with Gasteiger partial charge in [-0.15, -0.1) is 0 Å². The molecule has 2 aromatic carbocycles. The van der Waals surface area contributed by atoms with Crippen molar-refractivity contribution in [2.45, 2.75) is 38.2 Å². The van der Waals surface area contributed by atoms with Crippen molar-refractivity contribution in [2.24, 2.45) is 0 Å². The van der Waals surface area contributed by atoms with E-state index < -0.39 is 0 Å². The van der Waals surface area contributed by atoms with E-state index in [9.17, 15) is 4.79 Å². The normalized spacial score (nSPS) is 14.2. The van der Waals surface area contributed by atoms with Crippen LogP contribution >= 0.6 is 0 Å². The number of rotatable bonds is 6. The highest BCUT2D eigenvalue weighted by Gasteiger charge is 2.14. The zero-order valence-electron chi connectivity index (χ0n) is 15.1. The number of carbonyl (C=O) groups excluding carboxylic acids is 1. The molecule has 0 saturated heterocycles. The molecule has 6 heteroatoms. The van der Waals surface area contributed by atoms with Crippen LogP contribution in [-0.4, -0.2) is 18.6 Å². The van der Waals surface area contributed by atoms with Gasteiger partial charge >= 0.3 is 0 Å². The van der Waals surface area contributed by atoms with E-state index in [0.29, 0.717) is 28.9 Å². The Hall–Kier alpha value is -3.20. The van der Waals surface area contributed by atoms with Gasteiger partial charge in [-0.25, -0.2) is 4.85 Å². The summed E-state index contributed by atoms with van der Waals surface area (Å²) in [5.41, 5.74) is 7.05. The third-order valence-electron chi connectivity index (χ3n) is 4.49. The van der Waals surface area contributed by atoms with Crippen molar-refractivity contribution in [2.75, 3.05) is 17.7 Å².